The van der Waals surface area contributed by atoms with Gasteiger partial charge in [0.2, 0.25) is 0 Å². The average molecular weight is 264 g/mol. The van der Waals surface area contributed by atoms with Gasteiger partial charge < -0.3 is 9.84 Å². The number of esters is 1. The van der Waals surface area contributed by atoms with Crippen LogP contribution in [0, 0.1) is 11.3 Å². The van der Waals surface area contributed by atoms with Gasteiger partial charge in [-0.25, -0.2) is 9.78 Å². The minimum absolute atomic E-state index is 0.0179. The van der Waals surface area contributed by atoms with E-state index in [1.54, 1.807) is 11.6 Å². The second kappa shape index (κ2) is 4.78. The Morgan fingerprint density at radius 1 is 1.72 bits per heavy atom. The first-order chi connectivity index (χ1) is 8.63. The van der Waals surface area contributed by atoms with Crippen LogP contribution in [0.4, 0.5) is 0 Å². The minimum atomic E-state index is -0.829. The lowest BCUT2D eigenvalue weighted by atomic mass is 9.75. The largest absolute Gasteiger partial charge is 0.512 e. The summed E-state index contributed by atoms with van der Waals surface area (Å²) in [5.74, 6) is -0.562. The highest BCUT2D eigenvalue weighted by Crippen LogP contribution is 2.42. The van der Waals surface area contributed by atoms with Gasteiger partial charge in [0.15, 0.2) is 0 Å². The molecule has 0 aromatic carbocycles. The molecule has 0 spiro atoms. The maximum absolute atomic E-state index is 11.6. The predicted molar refractivity (Wildman–Crippen MR) is 64.9 cm³/mol. The molecule has 1 aromatic rings. The van der Waals surface area contributed by atoms with Crippen molar-refractivity contribution >= 4 is 17.3 Å². The van der Waals surface area contributed by atoms with Gasteiger partial charge in [0.05, 0.1) is 18.8 Å². The standard InChI is InChI=1S/C12H12N2O3S/c1-17-10(16)8-6-12(7-13,3-2-9(8)15)11-14-4-5-18-11/h4-5,15H,2-3,6H2,1H3. The lowest BCUT2D eigenvalue weighted by Gasteiger charge is -2.29. The monoisotopic (exact) mass is 264 g/mol. The fraction of sp³-hybridized carbons (Fsp3) is 0.417. The number of hydrogen-bond donors (Lipinski definition) is 1. The lowest BCUT2D eigenvalue weighted by molar-refractivity contribution is -0.136. The molecule has 6 heteroatoms. The fourth-order valence-electron chi connectivity index (χ4n) is 2.07. The van der Waals surface area contributed by atoms with Crippen molar-refractivity contribution in [1.29, 1.82) is 5.26 Å². The van der Waals surface area contributed by atoms with Gasteiger partial charge in [0.25, 0.3) is 0 Å². The van der Waals surface area contributed by atoms with Crippen LogP contribution in [0.5, 0.6) is 0 Å². The number of nitrogens with zero attached hydrogens (tertiary/aromatic N) is 2. The number of carbonyl (C=O) groups is 1. The molecule has 0 radical (unpaired) electrons. The molecule has 0 saturated carbocycles. The van der Waals surface area contributed by atoms with Crippen LogP contribution in [0.2, 0.25) is 0 Å². The van der Waals surface area contributed by atoms with E-state index in [9.17, 15) is 15.2 Å². The molecule has 1 atom stereocenters. The van der Waals surface area contributed by atoms with Crippen LogP contribution in [0.3, 0.4) is 0 Å². The van der Waals surface area contributed by atoms with E-state index in [0.717, 1.165) is 0 Å². The molecular formula is C12H12N2O3S. The molecule has 94 valence electrons. The average Bonchev–Trinajstić information content (AvgIpc) is 2.93. The Hall–Kier alpha value is -1.87. The summed E-state index contributed by atoms with van der Waals surface area (Å²) in [5, 5.41) is 21.7. The molecular weight excluding hydrogens is 252 g/mol. The summed E-state index contributed by atoms with van der Waals surface area (Å²) in [7, 11) is 1.26. The number of ether oxygens (including phenoxy) is 1. The van der Waals surface area contributed by atoms with Crippen LogP contribution < -0.4 is 0 Å². The van der Waals surface area contributed by atoms with E-state index in [-0.39, 0.29) is 24.2 Å². The molecule has 5 nitrogen and oxygen atoms in total. The van der Waals surface area contributed by atoms with Crippen LogP contribution in [0.1, 0.15) is 24.3 Å². The highest BCUT2D eigenvalue weighted by Gasteiger charge is 2.42. The molecule has 0 bridgehead atoms. The van der Waals surface area contributed by atoms with Crippen LogP contribution in [0.25, 0.3) is 0 Å². The second-order valence-electron chi connectivity index (χ2n) is 4.12. The zero-order chi connectivity index (χ0) is 13.2. The number of nitriles is 1. The van der Waals surface area contributed by atoms with Crippen molar-refractivity contribution in [2.75, 3.05) is 7.11 Å². The molecule has 2 rings (SSSR count). The molecule has 1 aliphatic carbocycles. The summed E-state index contributed by atoms with van der Waals surface area (Å²) >= 11 is 1.39. The molecule has 1 heterocycles. The normalized spacial score (nSPS) is 23.6. The van der Waals surface area contributed by atoms with Gasteiger partial charge in [-0.3, -0.25) is 0 Å². The van der Waals surface area contributed by atoms with Crippen LogP contribution in [0.15, 0.2) is 22.9 Å². The number of aliphatic hydroxyl groups excluding tert-OH is 1. The first-order valence-electron chi connectivity index (χ1n) is 5.43. The number of carbonyl (C=O) groups excluding carboxylic acids is 1. The van der Waals surface area contributed by atoms with Crippen molar-refractivity contribution < 1.29 is 14.6 Å². The Morgan fingerprint density at radius 2 is 2.50 bits per heavy atom. The number of aromatic nitrogens is 1. The topological polar surface area (TPSA) is 83.2 Å². The van der Waals surface area contributed by atoms with Gasteiger partial charge in [-0.2, -0.15) is 5.26 Å². The molecule has 1 aliphatic rings. The summed E-state index contributed by atoms with van der Waals surface area (Å²) in [6.45, 7) is 0. The van der Waals surface area contributed by atoms with E-state index in [2.05, 4.69) is 15.8 Å². The SMILES string of the molecule is COC(=O)C1=C(O)CCC(C#N)(c2nccs2)C1. The van der Waals surface area contributed by atoms with Crippen molar-refractivity contribution in [3.63, 3.8) is 0 Å². The van der Waals surface area contributed by atoms with Gasteiger partial charge in [-0.15, -0.1) is 11.3 Å². The molecule has 1 N–H and O–H groups in total. The van der Waals surface area contributed by atoms with Gasteiger partial charge in [-0.1, -0.05) is 0 Å². The molecule has 0 aliphatic heterocycles. The highest BCUT2D eigenvalue weighted by atomic mass is 32.1. The third-order valence-electron chi connectivity index (χ3n) is 3.10. The lowest BCUT2D eigenvalue weighted by Crippen LogP contribution is -2.31. The fourth-order valence-corrected chi connectivity index (χ4v) is 2.89. The Balaban J connectivity index is 2.39. The third kappa shape index (κ3) is 1.97. The number of aliphatic hydroxyl groups is 1. The molecule has 0 fully saturated rings. The van der Waals surface area contributed by atoms with Crippen LogP contribution in [-0.2, 0) is 14.9 Å². The van der Waals surface area contributed by atoms with E-state index in [1.807, 2.05) is 0 Å². The quantitative estimate of drug-likeness (QED) is 0.827. The maximum Gasteiger partial charge on any atom is 0.337 e. The van der Waals surface area contributed by atoms with Crippen molar-refractivity contribution in [2.24, 2.45) is 0 Å². The summed E-state index contributed by atoms with van der Waals surface area (Å²) in [5.41, 5.74) is -0.648. The smallest absolute Gasteiger partial charge is 0.337 e. The molecule has 0 amide bonds. The number of rotatable bonds is 2. The van der Waals surface area contributed by atoms with E-state index in [1.165, 1.54) is 18.4 Å². The van der Waals surface area contributed by atoms with Crippen molar-refractivity contribution in [1.82, 2.24) is 4.98 Å². The van der Waals surface area contributed by atoms with Crippen molar-refractivity contribution in [3.8, 4) is 6.07 Å². The Labute approximate surface area is 108 Å². The molecule has 1 aromatic heterocycles. The summed E-state index contributed by atoms with van der Waals surface area (Å²) in [4.78, 5) is 15.8. The minimum Gasteiger partial charge on any atom is -0.512 e. The predicted octanol–water partition coefficient (Wildman–Crippen LogP) is 2.07. The van der Waals surface area contributed by atoms with Crippen LogP contribution >= 0.6 is 11.3 Å². The number of methoxy groups -OCH3 is 1. The summed E-state index contributed by atoms with van der Waals surface area (Å²) in [6, 6.07) is 2.24. The number of thiazole rings is 1. The molecule has 1 unspecified atom stereocenters. The Morgan fingerprint density at radius 3 is 3.06 bits per heavy atom. The van der Waals surface area contributed by atoms with Gasteiger partial charge >= 0.3 is 5.97 Å². The van der Waals surface area contributed by atoms with E-state index < -0.39 is 11.4 Å². The summed E-state index contributed by atoms with van der Waals surface area (Å²) < 4.78 is 4.63. The van der Waals surface area contributed by atoms with Crippen molar-refractivity contribution in [3.05, 3.63) is 27.9 Å². The van der Waals surface area contributed by atoms with Gasteiger partial charge in [0.1, 0.15) is 16.2 Å². The zero-order valence-electron chi connectivity index (χ0n) is 9.84. The number of allylic oxidation sites excluding steroid dienone is 1. The molecule has 0 saturated heterocycles. The first kappa shape index (κ1) is 12.6. The number of hydrogen-bond acceptors (Lipinski definition) is 6. The first-order valence-corrected chi connectivity index (χ1v) is 6.31. The third-order valence-corrected chi connectivity index (χ3v) is 4.08. The zero-order valence-corrected chi connectivity index (χ0v) is 10.7. The Bertz CT molecular complexity index is 530. The van der Waals surface area contributed by atoms with E-state index in [0.29, 0.717) is 11.4 Å². The highest BCUT2D eigenvalue weighted by molar-refractivity contribution is 7.09. The van der Waals surface area contributed by atoms with Crippen molar-refractivity contribution in [2.45, 2.75) is 24.7 Å². The second-order valence-corrected chi connectivity index (χ2v) is 5.02. The van der Waals surface area contributed by atoms with Crippen LogP contribution in [-0.4, -0.2) is 23.2 Å². The Kier molecular flexibility index (Phi) is 3.34. The van der Waals surface area contributed by atoms with E-state index in [4.69, 9.17) is 0 Å². The van der Waals surface area contributed by atoms with E-state index >= 15 is 0 Å². The van der Waals surface area contributed by atoms with Gasteiger partial charge in [-0.05, 0) is 6.42 Å². The molecule has 18 heavy (non-hydrogen) atoms. The maximum atomic E-state index is 11.6. The van der Waals surface area contributed by atoms with Gasteiger partial charge in [0, 0.05) is 24.4 Å². The summed E-state index contributed by atoms with van der Waals surface area (Å²) in [6.07, 6.45) is 2.53.